The zero-order valence-electron chi connectivity index (χ0n) is 30.5. The Kier molecular flexibility index (Phi) is 9.58. The number of carbonyl (C=O) groups excluding carboxylic acids is 3. The molecule has 4 aromatic rings. The third-order valence-electron chi connectivity index (χ3n) is 11.6. The van der Waals surface area contributed by atoms with Crippen molar-refractivity contribution in [1.82, 2.24) is 4.90 Å². The Hall–Kier alpha value is -4.77. The molecule has 3 aliphatic heterocycles. The number of rotatable bonds is 10. The van der Waals surface area contributed by atoms with Gasteiger partial charge >= 0.3 is 0 Å². The molecule has 0 radical (unpaired) electrons. The number of aliphatic hydroxyl groups excluding tert-OH is 1. The molecule has 270 valence electrons. The summed E-state index contributed by atoms with van der Waals surface area (Å²) in [5.74, 6) is 0.136. The SMILES string of the molecule is COc1ccc([Si](C)(C)[C@H]2[C@H](CC(=O)N(CCO)Cc3ccccc3)O[C@@]3(C(=O)N(C)c4ccc(N5C(=O)CCc6ccccc65)cc43)[C@@H]2C)cc1. The number of aliphatic hydroxyl groups is 1. The number of benzene rings is 4. The third-order valence-corrected chi connectivity index (χ3v) is 16.0. The molecule has 0 saturated carbocycles. The zero-order valence-corrected chi connectivity index (χ0v) is 31.5. The summed E-state index contributed by atoms with van der Waals surface area (Å²) in [6.45, 7) is 7.04. The van der Waals surface area contributed by atoms with Gasteiger partial charge in [0.05, 0.1) is 45.7 Å². The van der Waals surface area contributed by atoms with Gasteiger partial charge in [0.1, 0.15) is 5.75 Å². The lowest BCUT2D eigenvalue weighted by molar-refractivity contribution is -0.149. The fourth-order valence-electron chi connectivity index (χ4n) is 8.98. The number of anilines is 3. The van der Waals surface area contributed by atoms with E-state index in [0.717, 1.165) is 33.8 Å². The van der Waals surface area contributed by atoms with Gasteiger partial charge in [-0.25, -0.2) is 0 Å². The highest BCUT2D eigenvalue weighted by atomic mass is 28.3. The van der Waals surface area contributed by atoms with Crippen LogP contribution in [0.1, 0.15) is 36.5 Å². The van der Waals surface area contributed by atoms with Crippen LogP contribution in [0.5, 0.6) is 5.75 Å². The van der Waals surface area contributed by atoms with Crippen LogP contribution < -0.4 is 19.7 Å². The van der Waals surface area contributed by atoms with E-state index >= 15 is 0 Å². The molecule has 7 rings (SSSR count). The number of hydrogen-bond acceptors (Lipinski definition) is 6. The maximum atomic E-state index is 14.7. The zero-order chi connectivity index (χ0) is 36.8. The summed E-state index contributed by atoms with van der Waals surface area (Å²) in [5.41, 5.74) is 3.54. The van der Waals surface area contributed by atoms with Crippen molar-refractivity contribution in [3.8, 4) is 5.75 Å². The number of amides is 3. The minimum absolute atomic E-state index is 0.00236. The molecule has 0 bridgehead atoms. The highest BCUT2D eigenvalue weighted by Crippen LogP contribution is 2.60. The van der Waals surface area contributed by atoms with Gasteiger partial charge in [-0.15, -0.1) is 0 Å². The fraction of sp³-hybridized carbons (Fsp3) is 0.357. The lowest BCUT2D eigenvalue weighted by Crippen LogP contribution is -2.52. The largest absolute Gasteiger partial charge is 0.497 e. The van der Waals surface area contributed by atoms with E-state index in [-0.39, 0.29) is 48.8 Å². The molecule has 0 unspecified atom stereocenters. The van der Waals surface area contributed by atoms with Gasteiger partial charge < -0.3 is 24.4 Å². The van der Waals surface area contributed by atoms with Crippen molar-refractivity contribution < 1.29 is 29.0 Å². The first-order chi connectivity index (χ1) is 25.0. The van der Waals surface area contributed by atoms with E-state index in [1.807, 2.05) is 78.9 Å². The minimum atomic E-state index is -2.51. The number of nitrogens with zero attached hydrogens (tertiary/aromatic N) is 3. The molecule has 10 heteroatoms. The summed E-state index contributed by atoms with van der Waals surface area (Å²) in [6, 6.07) is 31.6. The van der Waals surface area contributed by atoms with E-state index in [4.69, 9.17) is 9.47 Å². The van der Waals surface area contributed by atoms with E-state index < -0.39 is 19.8 Å². The van der Waals surface area contributed by atoms with Gasteiger partial charge in [0.2, 0.25) is 11.8 Å². The number of fused-ring (bicyclic) bond motifs is 3. The molecule has 3 amide bonds. The first kappa shape index (κ1) is 35.6. The van der Waals surface area contributed by atoms with Gasteiger partial charge in [0, 0.05) is 43.7 Å². The molecule has 4 aromatic carbocycles. The molecule has 1 fully saturated rings. The molecule has 1 spiro atoms. The maximum absolute atomic E-state index is 14.7. The fourth-order valence-corrected chi connectivity index (χ4v) is 13.0. The summed E-state index contributed by atoms with van der Waals surface area (Å²) >= 11 is 0. The van der Waals surface area contributed by atoms with E-state index in [9.17, 15) is 19.5 Å². The van der Waals surface area contributed by atoms with Crippen molar-refractivity contribution in [3.05, 3.63) is 114 Å². The summed E-state index contributed by atoms with van der Waals surface area (Å²) in [7, 11) is 0.910. The normalized spacial score (nSPS) is 22.5. The van der Waals surface area contributed by atoms with Gasteiger partial charge in [0.25, 0.3) is 5.91 Å². The number of carbonyl (C=O) groups is 3. The Bertz CT molecular complexity index is 1990. The van der Waals surface area contributed by atoms with Gasteiger partial charge in [-0.05, 0) is 59.5 Å². The van der Waals surface area contributed by atoms with Crippen molar-refractivity contribution in [1.29, 1.82) is 0 Å². The molecule has 1 N–H and O–H groups in total. The molecule has 3 heterocycles. The Labute approximate surface area is 306 Å². The van der Waals surface area contributed by atoms with Crippen molar-refractivity contribution in [2.45, 2.75) is 63.1 Å². The molecule has 1 saturated heterocycles. The first-order valence-corrected chi connectivity index (χ1v) is 21.2. The number of methoxy groups -OCH3 is 1. The lowest BCUT2D eigenvalue weighted by Gasteiger charge is -2.37. The number of likely N-dealkylation sites (N-methyl/N-ethyl adjacent to an activating group) is 1. The van der Waals surface area contributed by atoms with Crippen LogP contribution in [0.4, 0.5) is 17.1 Å². The van der Waals surface area contributed by atoms with E-state index in [1.165, 1.54) is 5.19 Å². The average Bonchev–Trinajstić information content (AvgIpc) is 3.57. The molecule has 9 nitrogen and oxygen atoms in total. The second-order valence-corrected chi connectivity index (χ2v) is 19.5. The average molecular weight is 718 g/mol. The quantitative estimate of drug-likeness (QED) is 0.205. The highest BCUT2D eigenvalue weighted by Gasteiger charge is 2.66. The van der Waals surface area contributed by atoms with Crippen LogP contribution in [0.15, 0.2) is 97.1 Å². The Morgan fingerprint density at radius 2 is 1.67 bits per heavy atom. The van der Waals surface area contributed by atoms with Crippen molar-refractivity contribution >= 4 is 48.0 Å². The number of hydrogen-bond donors (Lipinski definition) is 1. The van der Waals surface area contributed by atoms with Crippen LogP contribution in [0, 0.1) is 5.92 Å². The summed E-state index contributed by atoms with van der Waals surface area (Å²) in [4.78, 5) is 47.7. The molecular formula is C42H47N3O6Si. The number of aryl methyl sites for hydroxylation is 1. The van der Waals surface area contributed by atoms with Crippen LogP contribution in [0.3, 0.4) is 0 Å². The predicted molar refractivity (Wildman–Crippen MR) is 205 cm³/mol. The van der Waals surface area contributed by atoms with E-state index in [1.54, 1.807) is 28.9 Å². The maximum Gasteiger partial charge on any atom is 0.264 e. The third kappa shape index (κ3) is 5.92. The van der Waals surface area contributed by atoms with Gasteiger partial charge in [-0.3, -0.25) is 19.3 Å². The summed E-state index contributed by atoms with van der Waals surface area (Å²) in [5, 5.41) is 11.2. The first-order valence-electron chi connectivity index (χ1n) is 18.1. The standard InChI is InChI=1S/C42H47N3O6Si/c1-28-40(52(4,5)33-19-17-32(50-3)18-20-33)37(26-39(48)44(23-24-46)27-29-11-7-6-8-12-29)51-42(28)34-25-31(16-21-36(34)43(2)41(42)49)45-35-14-10-9-13-30(35)15-22-38(45)47/h6-14,16-21,25,28,37,40,46H,15,22-24,26-27H2,1-5H3/t28-,37+,40-,42+/m1/s1. The molecule has 3 aliphatic rings. The van der Waals surface area contributed by atoms with Gasteiger partial charge in [-0.1, -0.05) is 85.9 Å². The number of para-hydroxylation sites is 1. The molecular weight excluding hydrogens is 671 g/mol. The smallest absolute Gasteiger partial charge is 0.264 e. The van der Waals surface area contributed by atoms with Crippen LogP contribution >= 0.6 is 0 Å². The Morgan fingerprint density at radius 1 is 0.962 bits per heavy atom. The lowest BCUT2D eigenvalue weighted by atomic mass is 9.82. The van der Waals surface area contributed by atoms with Crippen molar-refractivity contribution in [2.75, 3.05) is 37.1 Å². The van der Waals surface area contributed by atoms with Crippen LogP contribution in [-0.2, 0) is 37.7 Å². The highest BCUT2D eigenvalue weighted by molar-refractivity contribution is 6.91. The van der Waals surface area contributed by atoms with E-state index in [0.29, 0.717) is 25.1 Å². The van der Waals surface area contributed by atoms with Crippen LogP contribution in [0.25, 0.3) is 0 Å². The Morgan fingerprint density at radius 3 is 2.38 bits per heavy atom. The van der Waals surface area contributed by atoms with Gasteiger partial charge in [-0.2, -0.15) is 0 Å². The van der Waals surface area contributed by atoms with Crippen molar-refractivity contribution in [2.24, 2.45) is 5.92 Å². The van der Waals surface area contributed by atoms with Gasteiger partial charge in [0.15, 0.2) is 5.60 Å². The van der Waals surface area contributed by atoms with E-state index in [2.05, 4.69) is 38.2 Å². The molecule has 0 aromatic heterocycles. The molecule has 0 aliphatic carbocycles. The number of ether oxygens (including phenoxy) is 2. The molecule has 4 atom stereocenters. The second kappa shape index (κ2) is 14.0. The topological polar surface area (TPSA) is 99.6 Å². The predicted octanol–water partition coefficient (Wildman–Crippen LogP) is 5.91. The van der Waals surface area contributed by atoms with Crippen molar-refractivity contribution in [3.63, 3.8) is 0 Å². The van der Waals surface area contributed by atoms with Crippen LogP contribution in [0.2, 0.25) is 18.6 Å². The summed E-state index contributed by atoms with van der Waals surface area (Å²) in [6.07, 6.45) is 0.543. The Balaban J connectivity index is 1.32. The minimum Gasteiger partial charge on any atom is -0.497 e. The monoisotopic (exact) mass is 717 g/mol. The summed E-state index contributed by atoms with van der Waals surface area (Å²) < 4.78 is 12.7. The van der Waals surface area contributed by atoms with Crippen LogP contribution in [-0.4, -0.2) is 69.2 Å². The second-order valence-electron chi connectivity index (χ2n) is 14.8. The molecule has 52 heavy (non-hydrogen) atoms.